The Morgan fingerprint density at radius 2 is 1.78 bits per heavy atom. The summed E-state index contributed by atoms with van der Waals surface area (Å²) in [6.45, 7) is 5.84. The van der Waals surface area contributed by atoms with Crippen molar-refractivity contribution in [3.05, 3.63) is 29.8 Å². The molecule has 0 amide bonds. The molecule has 5 heteroatoms. The topological polar surface area (TPSA) is 21.3 Å². The molecule has 0 spiro atoms. The number of ether oxygens (including phenoxy) is 1. The standard InChI is InChI=1S/C13H18F3NO/c1-10(2)7-8-17-9-11-3-5-12(6-4-11)18-13(14,15)16/h3-6,10,17H,7-9H2,1-2H3. The number of benzene rings is 1. The van der Waals surface area contributed by atoms with Crippen molar-refractivity contribution in [2.45, 2.75) is 33.2 Å². The zero-order chi connectivity index (χ0) is 13.6. The van der Waals surface area contributed by atoms with E-state index in [0.29, 0.717) is 12.5 Å². The average Bonchev–Trinajstić information content (AvgIpc) is 2.24. The van der Waals surface area contributed by atoms with E-state index in [2.05, 4.69) is 23.9 Å². The van der Waals surface area contributed by atoms with E-state index in [1.54, 1.807) is 12.1 Å². The summed E-state index contributed by atoms with van der Waals surface area (Å²) in [6.07, 6.45) is -3.55. The first-order valence-electron chi connectivity index (χ1n) is 5.92. The molecule has 0 aliphatic rings. The van der Waals surface area contributed by atoms with E-state index in [-0.39, 0.29) is 5.75 Å². The van der Waals surface area contributed by atoms with Gasteiger partial charge < -0.3 is 10.1 Å². The van der Waals surface area contributed by atoms with Gasteiger partial charge in [-0.2, -0.15) is 0 Å². The third-order valence-electron chi connectivity index (χ3n) is 2.38. The Balaban J connectivity index is 2.36. The summed E-state index contributed by atoms with van der Waals surface area (Å²) in [6, 6.07) is 5.91. The third-order valence-corrected chi connectivity index (χ3v) is 2.38. The Morgan fingerprint density at radius 3 is 2.28 bits per heavy atom. The van der Waals surface area contributed by atoms with Crippen molar-refractivity contribution < 1.29 is 17.9 Å². The normalized spacial score (nSPS) is 11.9. The fraction of sp³-hybridized carbons (Fsp3) is 0.538. The van der Waals surface area contributed by atoms with Gasteiger partial charge in [-0.25, -0.2) is 0 Å². The van der Waals surface area contributed by atoms with E-state index in [1.807, 2.05) is 0 Å². The van der Waals surface area contributed by atoms with Gasteiger partial charge in [0.05, 0.1) is 0 Å². The van der Waals surface area contributed by atoms with Gasteiger partial charge in [0.15, 0.2) is 0 Å². The Morgan fingerprint density at radius 1 is 1.17 bits per heavy atom. The highest BCUT2D eigenvalue weighted by atomic mass is 19.4. The summed E-state index contributed by atoms with van der Waals surface area (Å²) in [5.74, 6) is 0.452. The molecule has 0 radical (unpaired) electrons. The van der Waals surface area contributed by atoms with Crippen molar-refractivity contribution >= 4 is 0 Å². The van der Waals surface area contributed by atoms with Gasteiger partial charge in [-0.1, -0.05) is 26.0 Å². The number of halogens is 3. The third kappa shape index (κ3) is 6.49. The zero-order valence-electron chi connectivity index (χ0n) is 10.6. The minimum absolute atomic E-state index is 0.187. The smallest absolute Gasteiger partial charge is 0.406 e. The van der Waals surface area contributed by atoms with E-state index >= 15 is 0 Å². The Hall–Kier alpha value is -1.23. The molecule has 18 heavy (non-hydrogen) atoms. The second-order valence-corrected chi connectivity index (χ2v) is 4.55. The van der Waals surface area contributed by atoms with E-state index in [0.717, 1.165) is 18.5 Å². The van der Waals surface area contributed by atoms with Crippen LogP contribution in [0.15, 0.2) is 24.3 Å². The molecule has 1 rings (SSSR count). The van der Waals surface area contributed by atoms with E-state index in [4.69, 9.17) is 0 Å². The Kier molecular flexibility index (Phi) is 5.47. The lowest BCUT2D eigenvalue weighted by molar-refractivity contribution is -0.274. The van der Waals surface area contributed by atoms with Gasteiger partial charge in [-0.05, 0) is 36.6 Å². The number of alkyl halides is 3. The predicted octanol–water partition coefficient (Wildman–Crippen LogP) is 3.72. The van der Waals surface area contributed by atoms with Crippen LogP contribution >= 0.6 is 0 Å². The van der Waals surface area contributed by atoms with Crippen LogP contribution in [0.4, 0.5) is 13.2 Å². The molecule has 0 unspecified atom stereocenters. The summed E-state index contributed by atoms with van der Waals surface area (Å²) in [7, 11) is 0. The summed E-state index contributed by atoms with van der Waals surface area (Å²) in [5, 5.41) is 3.24. The first-order chi connectivity index (χ1) is 8.37. The van der Waals surface area contributed by atoms with Crippen LogP contribution in [0.5, 0.6) is 5.75 Å². The molecule has 0 aliphatic heterocycles. The lowest BCUT2D eigenvalue weighted by Crippen LogP contribution is -2.17. The first-order valence-corrected chi connectivity index (χ1v) is 5.92. The highest BCUT2D eigenvalue weighted by Gasteiger charge is 2.30. The molecular weight excluding hydrogens is 243 g/mol. The lowest BCUT2D eigenvalue weighted by atomic mass is 10.1. The minimum atomic E-state index is -4.63. The molecular formula is C13H18F3NO. The van der Waals surface area contributed by atoms with Crippen LogP contribution in [-0.4, -0.2) is 12.9 Å². The summed E-state index contributed by atoms with van der Waals surface area (Å²) in [5.41, 5.74) is 0.938. The van der Waals surface area contributed by atoms with Crippen molar-refractivity contribution in [1.29, 1.82) is 0 Å². The minimum Gasteiger partial charge on any atom is -0.406 e. The van der Waals surface area contributed by atoms with E-state index in [1.165, 1.54) is 12.1 Å². The molecule has 0 saturated heterocycles. The zero-order valence-corrected chi connectivity index (χ0v) is 10.6. The van der Waals surface area contributed by atoms with Crippen LogP contribution in [0.2, 0.25) is 0 Å². The predicted molar refractivity (Wildman–Crippen MR) is 64.3 cm³/mol. The number of rotatable bonds is 6. The molecule has 1 N–H and O–H groups in total. The van der Waals surface area contributed by atoms with E-state index in [9.17, 15) is 13.2 Å². The number of hydrogen-bond donors (Lipinski definition) is 1. The molecule has 0 heterocycles. The Bertz CT molecular complexity index is 346. The largest absolute Gasteiger partial charge is 0.573 e. The molecule has 0 saturated carbocycles. The fourth-order valence-corrected chi connectivity index (χ4v) is 1.43. The number of hydrogen-bond acceptors (Lipinski definition) is 2. The van der Waals surface area contributed by atoms with Crippen molar-refractivity contribution in [2.75, 3.05) is 6.54 Å². The quantitative estimate of drug-likeness (QED) is 0.788. The van der Waals surface area contributed by atoms with Crippen LogP contribution in [0.3, 0.4) is 0 Å². The van der Waals surface area contributed by atoms with Crippen molar-refractivity contribution in [2.24, 2.45) is 5.92 Å². The second kappa shape index (κ2) is 6.64. The number of nitrogens with one attached hydrogen (secondary N) is 1. The fourth-order valence-electron chi connectivity index (χ4n) is 1.43. The molecule has 1 aromatic rings. The van der Waals surface area contributed by atoms with Gasteiger partial charge >= 0.3 is 6.36 Å². The van der Waals surface area contributed by atoms with Gasteiger partial charge in [0.2, 0.25) is 0 Å². The maximum atomic E-state index is 11.9. The summed E-state index contributed by atoms with van der Waals surface area (Å²) in [4.78, 5) is 0. The van der Waals surface area contributed by atoms with Gasteiger partial charge in [0, 0.05) is 6.54 Å². The molecule has 0 aliphatic carbocycles. The maximum absolute atomic E-state index is 11.9. The highest BCUT2D eigenvalue weighted by molar-refractivity contribution is 5.27. The SMILES string of the molecule is CC(C)CCNCc1ccc(OC(F)(F)F)cc1. The van der Waals surface area contributed by atoms with Crippen LogP contribution < -0.4 is 10.1 Å². The summed E-state index contributed by atoms with van der Waals surface area (Å²) >= 11 is 0. The Labute approximate surface area is 105 Å². The molecule has 0 fully saturated rings. The first kappa shape index (κ1) is 14.8. The molecule has 2 nitrogen and oxygen atoms in total. The molecule has 0 aromatic heterocycles. The highest BCUT2D eigenvalue weighted by Crippen LogP contribution is 2.22. The maximum Gasteiger partial charge on any atom is 0.573 e. The van der Waals surface area contributed by atoms with Crippen molar-refractivity contribution in [1.82, 2.24) is 5.32 Å². The lowest BCUT2D eigenvalue weighted by Gasteiger charge is -2.10. The summed E-state index contributed by atoms with van der Waals surface area (Å²) < 4.78 is 39.6. The monoisotopic (exact) mass is 261 g/mol. The molecule has 1 aromatic carbocycles. The van der Waals surface area contributed by atoms with Crippen molar-refractivity contribution in [3.8, 4) is 5.75 Å². The average molecular weight is 261 g/mol. The second-order valence-electron chi connectivity index (χ2n) is 4.55. The van der Waals surface area contributed by atoms with Gasteiger partial charge in [-0.3, -0.25) is 0 Å². The van der Waals surface area contributed by atoms with Crippen molar-refractivity contribution in [3.63, 3.8) is 0 Å². The molecule has 102 valence electrons. The molecule has 0 atom stereocenters. The van der Waals surface area contributed by atoms with Crippen LogP contribution in [0.25, 0.3) is 0 Å². The van der Waals surface area contributed by atoms with Gasteiger partial charge in [-0.15, -0.1) is 13.2 Å². The van der Waals surface area contributed by atoms with Crippen LogP contribution in [-0.2, 0) is 6.54 Å². The van der Waals surface area contributed by atoms with Gasteiger partial charge in [0.1, 0.15) is 5.75 Å². The van der Waals surface area contributed by atoms with Crippen LogP contribution in [0, 0.1) is 5.92 Å². The molecule has 0 bridgehead atoms. The van der Waals surface area contributed by atoms with E-state index < -0.39 is 6.36 Å². The van der Waals surface area contributed by atoms with Gasteiger partial charge in [0.25, 0.3) is 0 Å². The van der Waals surface area contributed by atoms with Crippen LogP contribution in [0.1, 0.15) is 25.8 Å².